The van der Waals surface area contributed by atoms with Crippen LogP contribution >= 0.6 is 15.6 Å². The van der Waals surface area contributed by atoms with Gasteiger partial charge >= 0.3 is 7.82 Å². The number of hydrogen-bond donors (Lipinski definition) is 5. The molecule has 3 fully saturated rings. The van der Waals surface area contributed by atoms with Crippen LogP contribution in [-0.2, 0) is 46.2 Å². The van der Waals surface area contributed by atoms with Gasteiger partial charge in [0.05, 0.1) is 25.9 Å². The summed E-state index contributed by atoms with van der Waals surface area (Å²) < 4.78 is 74.2. The van der Waals surface area contributed by atoms with Gasteiger partial charge in [0.1, 0.15) is 36.6 Å². The smallest absolute Gasteiger partial charge is 0.472 e. The zero-order chi connectivity index (χ0) is 34.8. The highest BCUT2D eigenvalue weighted by Crippen LogP contribution is 2.53. The van der Waals surface area contributed by atoms with Crippen molar-refractivity contribution in [3.8, 4) is 0 Å². The summed E-state index contributed by atoms with van der Waals surface area (Å²) in [4.78, 5) is 69.8. The van der Waals surface area contributed by atoms with Gasteiger partial charge in [-0.3, -0.25) is 42.3 Å². The first kappa shape index (κ1) is 33.8. The largest absolute Gasteiger partial charge is 0.756 e. The lowest BCUT2D eigenvalue weighted by Crippen LogP contribution is -2.41. The summed E-state index contributed by atoms with van der Waals surface area (Å²) in [5.74, 6) is -0.461. The number of phosphoric ester groups is 2. The third kappa shape index (κ3) is 6.19. The number of nitrogens with zero attached hydrogens (tertiary/aromatic N) is 6. The van der Waals surface area contributed by atoms with E-state index >= 15 is 0 Å². The Kier molecular flexibility index (Phi) is 8.70. The maximum absolute atomic E-state index is 13.4. The standard InChI is InChI=1S/C23H30N10O14P2/c1-3-41-15-13-9(45-21(15)33-7-27-11-17(33)29-23(25)31-19(11)35)5-43-48(36,37)46-12-8(4-42-49(38,39)47-13)44-20(14(12)40-2)32-6-26-10-16(32)28-22(24)30-18(10)34/h6-9,12-15,20-21H,3-5H2,1-2H3,(H,36,37)(H,38,39)(H3,24,28,30,34)(H3,25,29,31,35)/p-1/t8-,9-,12-,13-,14-,15-,20-,21-/m1/s1. The maximum Gasteiger partial charge on any atom is 0.472 e. The molecule has 3 aliphatic rings. The summed E-state index contributed by atoms with van der Waals surface area (Å²) in [6, 6.07) is 0. The van der Waals surface area contributed by atoms with Crippen LogP contribution in [0.25, 0.3) is 22.3 Å². The van der Waals surface area contributed by atoms with Crippen molar-refractivity contribution in [2.45, 2.75) is 56.0 Å². The minimum absolute atomic E-state index is 0.0197. The van der Waals surface area contributed by atoms with Crippen LogP contribution in [0.3, 0.4) is 0 Å². The van der Waals surface area contributed by atoms with E-state index in [0.29, 0.717) is 0 Å². The number of rotatable bonds is 5. The van der Waals surface area contributed by atoms with Gasteiger partial charge in [0.25, 0.3) is 18.9 Å². The van der Waals surface area contributed by atoms with Crippen molar-refractivity contribution < 1.29 is 56.0 Å². The van der Waals surface area contributed by atoms with Gasteiger partial charge < -0.3 is 49.2 Å². The topological polar surface area (TPSA) is 330 Å². The number of fused-ring (bicyclic) bond motifs is 4. The number of imidazole rings is 2. The molecule has 7 heterocycles. The highest BCUT2D eigenvalue weighted by Gasteiger charge is 2.54. The molecule has 26 heteroatoms. The monoisotopic (exact) mass is 731 g/mol. The quantitative estimate of drug-likeness (QED) is 0.139. The molecule has 24 nitrogen and oxygen atoms in total. The SMILES string of the molecule is CCO[C@@H]1[C@@H]2OP(=O)(O)OC[C@H]3O[C@@H](n4cnc5c(=O)[nH]c(N)nc54)[C@H](OC)[C@@H]3OP(=O)([O-])OC[C@H]2O[C@H]1n1cnc2c(=O)[nH]c(N)nc21. The Morgan fingerprint density at radius 2 is 1.43 bits per heavy atom. The van der Waals surface area contributed by atoms with E-state index in [1.54, 1.807) is 6.92 Å². The number of nitrogen functional groups attached to an aromatic ring is 2. The highest BCUT2D eigenvalue weighted by atomic mass is 31.2. The molecule has 266 valence electrons. The van der Waals surface area contributed by atoms with Crippen LogP contribution in [0, 0.1) is 0 Å². The van der Waals surface area contributed by atoms with Gasteiger partial charge in [-0.05, 0) is 6.92 Å². The van der Waals surface area contributed by atoms with Crippen LogP contribution in [0.5, 0.6) is 0 Å². The fourth-order valence-corrected chi connectivity index (χ4v) is 7.87. The normalized spacial score (nSPS) is 35.6. The minimum atomic E-state index is -5.26. The summed E-state index contributed by atoms with van der Waals surface area (Å²) in [6.45, 7) is 0.0945. The average Bonchev–Trinajstić information content (AvgIpc) is 3.79. The van der Waals surface area contributed by atoms with E-state index < -0.39 is 89.1 Å². The molecule has 0 saturated carbocycles. The summed E-state index contributed by atoms with van der Waals surface area (Å²) in [7, 11) is -9.05. The van der Waals surface area contributed by atoms with E-state index in [4.69, 9.17) is 48.5 Å². The zero-order valence-electron chi connectivity index (χ0n) is 25.4. The number of aromatic nitrogens is 8. The van der Waals surface area contributed by atoms with E-state index in [9.17, 15) is 28.5 Å². The van der Waals surface area contributed by atoms with Crippen molar-refractivity contribution in [3.05, 3.63) is 33.4 Å². The summed E-state index contributed by atoms with van der Waals surface area (Å²) in [6.07, 6.45) is -8.43. The third-order valence-corrected chi connectivity index (χ3v) is 9.91. The molecule has 4 aromatic heterocycles. The fourth-order valence-electron chi connectivity index (χ4n) is 5.96. The molecule has 3 saturated heterocycles. The molecule has 7 N–H and O–H groups in total. The van der Waals surface area contributed by atoms with Crippen LogP contribution in [-0.4, -0.2) is 107 Å². The summed E-state index contributed by atoms with van der Waals surface area (Å²) in [5.41, 5.74) is 9.89. The highest BCUT2D eigenvalue weighted by molar-refractivity contribution is 7.47. The lowest BCUT2D eigenvalue weighted by Gasteiger charge is -2.33. The van der Waals surface area contributed by atoms with Crippen molar-refractivity contribution in [2.75, 3.05) is 38.4 Å². The van der Waals surface area contributed by atoms with Gasteiger partial charge in [0.15, 0.2) is 34.8 Å². The van der Waals surface area contributed by atoms with Crippen LogP contribution in [0.4, 0.5) is 11.9 Å². The Labute approximate surface area is 272 Å². The lowest BCUT2D eigenvalue weighted by atomic mass is 10.1. The number of nitrogens with one attached hydrogen (secondary N) is 2. The summed E-state index contributed by atoms with van der Waals surface area (Å²) >= 11 is 0. The van der Waals surface area contributed by atoms with Gasteiger partial charge in [0.2, 0.25) is 11.9 Å². The van der Waals surface area contributed by atoms with Crippen molar-refractivity contribution in [1.29, 1.82) is 0 Å². The van der Waals surface area contributed by atoms with Gasteiger partial charge in [-0.1, -0.05) is 0 Å². The number of H-pyrrole nitrogens is 2. The Balaban J connectivity index is 1.21. The third-order valence-electron chi connectivity index (χ3n) is 7.96. The molecule has 0 aromatic carbocycles. The Morgan fingerprint density at radius 1 is 0.918 bits per heavy atom. The molecular formula is C23H29N10O14P2-. The minimum Gasteiger partial charge on any atom is -0.756 e. The number of nitrogens with two attached hydrogens (primary N) is 2. The first-order valence-corrected chi connectivity index (χ1v) is 17.4. The fraction of sp³-hybridized carbons (Fsp3) is 0.565. The van der Waals surface area contributed by atoms with E-state index in [-0.39, 0.29) is 40.8 Å². The zero-order valence-corrected chi connectivity index (χ0v) is 27.2. The van der Waals surface area contributed by atoms with Crippen LogP contribution < -0.4 is 27.5 Å². The predicted octanol–water partition coefficient (Wildman–Crippen LogP) is -1.98. The van der Waals surface area contributed by atoms with Crippen LogP contribution in [0.15, 0.2) is 22.2 Å². The maximum atomic E-state index is 13.4. The molecule has 0 radical (unpaired) electrons. The second-order valence-electron chi connectivity index (χ2n) is 10.9. The Hall–Kier alpha value is -3.64. The number of hydrogen-bond acceptors (Lipinski definition) is 19. The number of phosphoric acid groups is 2. The van der Waals surface area contributed by atoms with Gasteiger partial charge in [0, 0.05) is 13.7 Å². The Bertz CT molecular complexity index is 2100. The van der Waals surface area contributed by atoms with Crippen LogP contribution in [0.1, 0.15) is 19.4 Å². The molecule has 0 bridgehead atoms. The molecule has 10 atom stereocenters. The van der Waals surface area contributed by atoms with E-state index in [1.165, 1.54) is 28.9 Å². The second-order valence-corrected chi connectivity index (χ2v) is 13.7. The molecule has 0 spiro atoms. The molecule has 0 aliphatic carbocycles. The van der Waals surface area contributed by atoms with E-state index in [1.807, 2.05) is 0 Å². The molecule has 7 rings (SSSR count). The predicted molar refractivity (Wildman–Crippen MR) is 158 cm³/mol. The van der Waals surface area contributed by atoms with E-state index in [2.05, 4.69) is 29.9 Å². The number of anilines is 2. The lowest BCUT2D eigenvalue weighted by molar-refractivity contribution is -0.237. The van der Waals surface area contributed by atoms with Gasteiger partial charge in [-0.15, -0.1) is 0 Å². The molecule has 4 aromatic rings. The van der Waals surface area contributed by atoms with Crippen molar-refractivity contribution in [3.63, 3.8) is 0 Å². The molecule has 3 aliphatic heterocycles. The summed E-state index contributed by atoms with van der Waals surface area (Å²) in [5, 5.41) is 0. The first-order chi connectivity index (χ1) is 23.3. The number of methoxy groups -OCH3 is 1. The van der Waals surface area contributed by atoms with Crippen LogP contribution in [0.2, 0.25) is 0 Å². The molecule has 2 unspecified atom stereocenters. The van der Waals surface area contributed by atoms with E-state index in [0.717, 1.165) is 0 Å². The van der Waals surface area contributed by atoms with Gasteiger partial charge in [-0.2, -0.15) is 9.97 Å². The van der Waals surface area contributed by atoms with Crippen molar-refractivity contribution in [2.24, 2.45) is 0 Å². The average molecular weight is 731 g/mol. The number of ether oxygens (including phenoxy) is 4. The van der Waals surface area contributed by atoms with Gasteiger partial charge in [-0.25, -0.2) is 14.5 Å². The Morgan fingerprint density at radius 3 is 1.96 bits per heavy atom. The number of aromatic amines is 2. The van der Waals surface area contributed by atoms with Crippen molar-refractivity contribution in [1.82, 2.24) is 39.0 Å². The van der Waals surface area contributed by atoms with Crippen molar-refractivity contribution >= 4 is 49.9 Å². The first-order valence-electron chi connectivity index (χ1n) is 14.5. The second kappa shape index (κ2) is 12.6. The molecule has 0 amide bonds. The molecule has 49 heavy (non-hydrogen) atoms. The molecular weight excluding hydrogens is 702 g/mol.